The first-order chi connectivity index (χ1) is 11.3. The maximum atomic E-state index is 6.05. The van der Waals surface area contributed by atoms with Crippen LogP contribution in [0.15, 0.2) is 61.1 Å². The zero-order valence-electron chi connectivity index (χ0n) is 12.1. The molecule has 3 heterocycles. The molecule has 4 rings (SSSR count). The Hall–Kier alpha value is -2.30. The van der Waals surface area contributed by atoms with Gasteiger partial charge in [0, 0.05) is 29.2 Å². The molecule has 0 bridgehead atoms. The van der Waals surface area contributed by atoms with Crippen LogP contribution in [0.2, 0.25) is 5.02 Å². The van der Waals surface area contributed by atoms with E-state index in [-0.39, 0.29) is 0 Å². The van der Waals surface area contributed by atoms with Crippen molar-refractivity contribution in [3.8, 4) is 10.6 Å². The van der Waals surface area contributed by atoms with E-state index >= 15 is 0 Å². The second-order valence-electron chi connectivity index (χ2n) is 5.23. The molecule has 3 aromatic heterocycles. The van der Waals surface area contributed by atoms with Gasteiger partial charge in [0.1, 0.15) is 5.01 Å². The van der Waals surface area contributed by atoms with Crippen LogP contribution in [-0.4, -0.2) is 15.0 Å². The predicted octanol–water partition coefficient (Wildman–Crippen LogP) is 5.00. The number of pyridine rings is 2. The van der Waals surface area contributed by atoms with Crippen molar-refractivity contribution >= 4 is 33.3 Å². The second-order valence-corrected chi connectivity index (χ2v) is 6.70. The molecule has 0 unspecified atom stereocenters. The Balaban J connectivity index is 1.68. The number of nitrogens with zero attached hydrogens (tertiary/aromatic N) is 3. The molecular formula is C18H12ClN3S. The lowest BCUT2D eigenvalue weighted by Crippen LogP contribution is -1.89. The molecule has 0 N–H and O–H groups in total. The third-order valence-electron chi connectivity index (χ3n) is 3.51. The third kappa shape index (κ3) is 3.09. The molecule has 23 heavy (non-hydrogen) atoms. The molecule has 0 fully saturated rings. The summed E-state index contributed by atoms with van der Waals surface area (Å²) in [7, 11) is 0. The van der Waals surface area contributed by atoms with Crippen molar-refractivity contribution in [2.24, 2.45) is 0 Å². The van der Waals surface area contributed by atoms with Gasteiger partial charge in [-0.05, 0) is 47.9 Å². The molecule has 0 atom stereocenters. The quantitative estimate of drug-likeness (QED) is 0.528. The lowest BCUT2D eigenvalue weighted by molar-refractivity contribution is 1.16. The highest BCUT2D eigenvalue weighted by Crippen LogP contribution is 2.29. The fourth-order valence-corrected chi connectivity index (χ4v) is 3.64. The highest BCUT2D eigenvalue weighted by atomic mass is 35.5. The van der Waals surface area contributed by atoms with Gasteiger partial charge in [-0.3, -0.25) is 4.98 Å². The van der Waals surface area contributed by atoms with E-state index in [9.17, 15) is 0 Å². The van der Waals surface area contributed by atoms with Gasteiger partial charge in [-0.2, -0.15) is 0 Å². The van der Waals surface area contributed by atoms with E-state index in [0.717, 1.165) is 37.9 Å². The van der Waals surface area contributed by atoms with Crippen LogP contribution in [0, 0.1) is 0 Å². The van der Waals surface area contributed by atoms with E-state index in [2.05, 4.69) is 27.1 Å². The summed E-state index contributed by atoms with van der Waals surface area (Å²) in [4.78, 5) is 13.2. The first-order valence-electron chi connectivity index (χ1n) is 7.18. The molecule has 5 heteroatoms. The number of hydrogen-bond acceptors (Lipinski definition) is 4. The second kappa shape index (κ2) is 6.07. The van der Waals surface area contributed by atoms with Crippen molar-refractivity contribution in [2.75, 3.05) is 0 Å². The molecule has 0 spiro atoms. The first kappa shape index (κ1) is 14.3. The average molecular weight is 338 g/mol. The van der Waals surface area contributed by atoms with Crippen LogP contribution in [0.5, 0.6) is 0 Å². The molecule has 4 aromatic rings. The van der Waals surface area contributed by atoms with Gasteiger partial charge in [0.05, 0.1) is 4.70 Å². The Bertz CT molecular complexity index is 966. The third-order valence-corrected chi connectivity index (χ3v) is 4.79. The highest BCUT2D eigenvalue weighted by Gasteiger charge is 2.08. The van der Waals surface area contributed by atoms with E-state index in [1.807, 2.05) is 42.7 Å². The monoisotopic (exact) mass is 337 g/mol. The van der Waals surface area contributed by atoms with E-state index in [1.54, 1.807) is 17.5 Å². The van der Waals surface area contributed by atoms with Crippen LogP contribution >= 0.6 is 22.9 Å². The SMILES string of the molecule is Clc1cccc(Cc2cnc3nc(-c4cccnc4)sc3c2)c1. The van der Waals surface area contributed by atoms with Crippen molar-refractivity contribution in [2.45, 2.75) is 6.42 Å². The van der Waals surface area contributed by atoms with Crippen LogP contribution < -0.4 is 0 Å². The minimum Gasteiger partial charge on any atom is -0.264 e. The van der Waals surface area contributed by atoms with Crippen molar-refractivity contribution in [1.82, 2.24) is 15.0 Å². The van der Waals surface area contributed by atoms with Crippen molar-refractivity contribution in [3.63, 3.8) is 0 Å². The molecule has 0 amide bonds. The molecule has 0 saturated carbocycles. The molecule has 0 aliphatic carbocycles. The first-order valence-corrected chi connectivity index (χ1v) is 8.38. The average Bonchev–Trinajstić information content (AvgIpc) is 2.99. The van der Waals surface area contributed by atoms with E-state index < -0.39 is 0 Å². The van der Waals surface area contributed by atoms with Gasteiger partial charge in [0.2, 0.25) is 0 Å². The zero-order valence-corrected chi connectivity index (χ0v) is 13.7. The van der Waals surface area contributed by atoms with E-state index in [4.69, 9.17) is 11.6 Å². The van der Waals surface area contributed by atoms with E-state index in [1.165, 1.54) is 5.56 Å². The Kier molecular flexibility index (Phi) is 3.77. The molecule has 1 aromatic carbocycles. The number of rotatable bonds is 3. The van der Waals surface area contributed by atoms with Gasteiger partial charge >= 0.3 is 0 Å². The minimum absolute atomic E-state index is 0.758. The van der Waals surface area contributed by atoms with Crippen LogP contribution in [0.4, 0.5) is 0 Å². The van der Waals surface area contributed by atoms with Crippen molar-refractivity contribution < 1.29 is 0 Å². The highest BCUT2D eigenvalue weighted by molar-refractivity contribution is 7.21. The standard InChI is InChI=1S/C18H12ClN3S/c19-15-5-1-3-12(8-15)7-13-9-16-17(21-10-13)22-18(23-16)14-4-2-6-20-11-14/h1-6,8-11H,7H2. The summed E-state index contributed by atoms with van der Waals surface area (Å²) in [6.07, 6.45) is 6.28. The molecule has 0 aliphatic rings. The Morgan fingerprint density at radius 1 is 1.00 bits per heavy atom. The number of aromatic nitrogens is 3. The molecule has 112 valence electrons. The maximum absolute atomic E-state index is 6.05. The van der Waals surface area contributed by atoms with Gasteiger partial charge in [0.15, 0.2) is 5.65 Å². The van der Waals surface area contributed by atoms with Gasteiger partial charge in [-0.1, -0.05) is 23.7 Å². The maximum Gasteiger partial charge on any atom is 0.170 e. The Morgan fingerprint density at radius 3 is 2.78 bits per heavy atom. The molecule has 3 nitrogen and oxygen atoms in total. The Morgan fingerprint density at radius 2 is 1.96 bits per heavy atom. The van der Waals surface area contributed by atoms with Gasteiger partial charge in [-0.15, -0.1) is 11.3 Å². The fourth-order valence-electron chi connectivity index (χ4n) is 2.45. The van der Waals surface area contributed by atoms with Gasteiger partial charge in [-0.25, -0.2) is 9.97 Å². The zero-order chi connectivity index (χ0) is 15.6. The summed E-state index contributed by atoms with van der Waals surface area (Å²) in [5.74, 6) is 0. The summed E-state index contributed by atoms with van der Waals surface area (Å²) >= 11 is 7.69. The topological polar surface area (TPSA) is 38.7 Å². The normalized spacial score (nSPS) is 11.0. The van der Waals surface area contributed by atoms with Crippen LogP contribution in [0.1, 0.15) is 11.1 Å². The summed E-state index contributed by atoms with van der Waals surface area (Å²) < 4.78 is 1.09. The number of hydrogen-bond donors (Lipinski definition) is 0. The Labute approximate surface area is 142 Å². The number of fused-ring (bicyclic) bond motifs is 1. The largest absolute Gasteiger partial charge is 0.264 e. The molecule has 0 saturated heterocycles. The summed E-state index contributed by atoms with van der Waals surface area (Å²) in [5.41, 5.74) is 4.13. The van der Waals surface area contributed by atoms with Crippen LogP contribution in [0.3, 0.4) is 0 Å². The van der Waals surface area contributed by atoms with Gasteiger partial charge in [0.25, 0.3) is 0 Å². The summed E-state index contributed by atoms with van der Waals surface area (Å²) in [6, 6.07) is 14.0. The summed E-state index contributed by atoms with van der Waals surface area (Å²) in [5, 5.41) is 1.70. The molecule has 0 aliphatic heterocycles. The summed E-state index contributed by atoms with van der Waals surface area (Å²) in [6.45, 7) is 0. The molecular weight excluding hydrogens is 326 g/mol. The number of benzene rings is 1. The van der Waals surface area contributed by atoms with Crippen molar-refractivity contribution in [3.05, 3.63) is 77.2 Å². The van der Waals surface area contributed by atoms with E-state index in [0.29, 0.717) is 0 Å². The lowest BCUT2D eigenvalue weighted by atomic mass is 10.1. The number of halogens is 1. The number of thiazole rings is 1. The van der Waals surface area contributed by atoms with Crippen LogP contribution in [-0.2, 0) is 6.42 Å². The van der Waals surface area contributed by atoms with Gasteiger partial charge < -0.3 is 0 Å². The molecule has 0 radical (unpaired) electrons. The smallest absolute Gasteiger partial charge is 0.170 e. The van der Waals surface area contributed by atoms with Crippen molar-refractivity contribution in [1.29, 1.82) is 0 Å². The predicted molar refractivity (Wildman–Crippen MR) is 94.9 cm³/mol. The fraction of sp³-hybridized carbons (Fsp3) is 0.0556. The lowest BCUT2D eigenvalue weighted by Gasteiger charge is -2.02. The van der Waals surface area contributed by atoms with Crippen LogP contribution in [0.25, 0.3) is 20.9 Å². The minimum atomic E-state index is 0.758.